The van der Waals surface area contributed by atoms with Crippen LogP contribution >= 0.6 is 0 Å². The van der Waals surface area contributed by atoms with Crippen LogP contribution in [0.2, 0.25) is 0 Å². The highest BCUT2D eigenvalue weighted by Gasteiger charge is 2.18. The van der Waals surface area contributed by atoms with E-state index in [4.69, 9.17) is 10.8 Å². The number of aliphatic hydroxyl groups excluding tert-OH is 1. The first-order valence-electron chi connectivity index (χ1n) is 8.13. The van der Waals surface area contributed by atoms with E-state index in [1.54, 1.807) is 4.90 Å². The molecule has 3 N–H and O–H groups in total. The zero-order chi connectivity index (χ0) is 15.4. The van der Waals surface area contributed by atoms with Crippen molar-refractivity contribution in [1.29, 1.82) is 0 Å². The Labute approximate surface area is 124 Å². The number of amides is 1. The third-order valence-electron chi connectivity index (χ3n) is 3.61. The zero-order valence-electron chi connectivity index (χ0n) is 13.6. The summed E-state index contributed by atoms with van der Waals surface area (Å²) in [4.78, 5) is 14.1. The van der Waals surface area contributed by atoms with Crippen molar-refractivity contribution in [2.24, 2.45) is 17.6 Å². The molecule has 1 unspecified atom stereocenters. The van der Waals surface area contributed by atoms with Gasteiger partial charge in [0.2, 0.25) is 5.91 Å². The van der Waals surface area contributed by atoms with E-state index in [-0.39, 0.29) is 18.4 Å². The normalized spacial score (nSPS) is 12.7. The maximum Gasteiger partial charge on any atom is 0.222 e. The van der Waals surface area contributed by atoms with Crippen molar-refractivity contribution >= 4 is 5.91 Å². The van der Waals surface area contributed by atoms with Crippen LogP contribution in [-0.2, 0) is 4.79 Å². The lowest BCUT2D eigenvalue weighted by atomic mass is 9.93. The standard InChI is InChI=1S/C16H34N2O2/c1-4-5-6-7-8-18(9-10-19)16(20)12-15(13-17)11-14(2)3/h14-15,19H,4-13,17H2,1-3H3. The van der Waals surface area contributed by atoms with Crippen molar-refractivity contribution in [1.82, 2.24) is 4.90 Å². The van der Waals surface area contributed by atoms with Gasteiger partial charge in [0.25, 0.3) is 0 Å². The zero-order valence-corrected chi connectivity index (χ0v) is 13.6. The fourth-order valence-corrected chi connectivity index (χ4v) is 2.52. The first-order chi connectivity index (χ1) is 9.54. The summed E-state index contributed by atoms with van der Waals surface area (Å²) in [5, 5.41) is 9.11. The molecule has 20 heavy (non-hydrogen) atoms. The van der Waals surface area contributed by atoms with Crippen LogP contribution in [0, 0.1) is 11.8 Å². The quantitative estimate of drug-likeness (QED) is 0.541. The molecule has 4 heteroatoms. The molecule has 0 rings (SSSR count). The summed E-state index contributed by atoms with van der Waals surface area (Å²) in [5.74, 6) is 0.971. The number of hydrogen-bond donors (Lipinski definition) is 2. The van der Waals surface area contributed by atoms with Gasteiger partial charge < -0.3 is 15.7 Å². The average Bonchev–Trinajstić information content (AvgIpc) is 2.40. The van der Waals surface area contributed by atoms with E-state index in [1.807, 2.05) is 0 Å². The predicted octanol–water partition coefficient (Wildman–Crippen LogP) is 2.40. The smallest absolute Gasteiger partial charge is 0.222 e. The fourth-order valence-electron chi connectivity index (χ4n) is 2.52. The van der Waals surface area contributed by atoms with Crippen LogP contribution in [0.15, 0.2) is 0 Å². The van der Waals surface area contributed by atoms with Gasteiger partial charge in [-0.1, -0.05) is 40.0 Å². The first kappa shape index (κ1) is 19.4. The average molecular weight is 286 g/mol. The Morgan fingerprint density at radius 2 is 1.90 bits per heavy atom. The predicted molar refractivity (Wildman–Crippen MR) is 84.4 cm³/mol. The van der Waals surface area contributed by atoms with Crippen molar-refractivity contribution in [3.05, 3.63) is 0 Å². The minimum atomic E-state index is 0.0387. The van der Waals surface area contributed by atoms with Crippen molar-refractivity contribution in [2.75, 3.05) is 26.2 Å². The molecular formula is C16H34N2O2. The second-order valence-corrected chi connectivity index (χ2v) is 6.10. The van der Waals surface area contributed by atoms with Gasteiger partial charge in [0.05, 0.1) is 6.61 Å². The number of rotatable bonds is 12. The van der Waals surface area contributed by atoms with Crippen molar-refractivity contribution < 1.29 is 9.90 Å². The van der Waals surface area contributed by atoms with Gasteiger partial charge in [0.1, 0.15) is 0 Å². The topological polar surface area (TPSA) is 66.6 Å². The lowest BCUT2D eigenvalue weighted by Crippen LogP contribution is -2.36. The van der Waals surface area contributed by atoms with E-state index in [9.17, 15) is 4.79 Å². The molecule has 0 aliphatic carbocycles. The van der Waals surface area contributed by atoms with E-state index in [0.717, 1.165) is 25.8 Å². The molecule has 0 aliphatic rings. The van der Waals surface area contributed by atoms with Gasteiger partial charge in [-0.05, 0) is 31.2 Å². The molecule has 0 fully saturated rings. The maximum atomic E-state index is 12.3. The number of aliphatic hydroxyl groups is 1. The second kappa shape index (κ2) is 12.2. The summed E-state index contributed by atoms with van der Waals surface area (Å²) in [6.45, 7) is 8.30. The monoisotopic (exact) mass is 286 g/mol. The van der Waals surface area contributed by atoms with E-state index >= 15 is 0 Å². The summed E-state index contributed by atoms with van der Waals surface area (Å²) < 4.78 is 0. The van der Waals surface area contributed by atoms with Crippen LogP contribution in [0.4, 0.5) is 0 Å². The molecule has 0 spiro atoms. The molecule has 4 nitrogen and oxygen atoms in total. The number of carbonyl (C=O) groups is 1. The Morgan fingerprint density at radius 3 is 2.40 bits per heavy atom. The molecule has 0 aliphatic heterocycles. The van der Waals surface area contributed by atoms with Gasteiger partial charge in [-0.2, -0.15) is 0 Å². The number of nitrogens with two attached hydrogens (primary N) is 1. The van der Waals surface area contributed by atoms with Crippen LogP contribution in [0.1, 0.15) is 59.3 Å². The summed E-state index contributed by atoms with van der Waals surface area (Å²) in [5.41, 5.74) is 5.76. The Hall–Kier alpha value is -0.610. The van der Waals surface area contributed by atoms with Gasteiger partial charge in [-0.15, -0.1) is 0 Å². The molecule has 0 aromatic carbocycles. The molecule has 120 valence electrons. The molecule has 0 aromatic heterocycles. The highest BCUT2D eigenvalue weighted by Crippen LogP contribution is 2.16. The highest BCUT2D eigenvalue weighted by molar-refractivity contribution is 5.76. The molecule has 0 radical (unpaired) electrons. The largest absolute Gasteiger partial charge is 0.395 e. The molecule has 1 atom stereocenters. The van der Waals surface area contributed by atoms with Gasteiger partial charge >= 0.3 is 0 Å². The molecule has 1 amide bonds. The number of unbranched alkanes of at least 4 members (excludes halogenated alkanes) is 3. The van der Waals surface area contributed by atoms with E-state index in [0.29, 0.717) is 25.4 Å². The van der Waals surface area contributed by atoms with Gasteiger partial charge in [-0.3, -0.25) is 4.79 Å². The van der Waals surface area contributed by atoms with Crippen molar-refractivity contribution in [3.63, 3.8) is 0 Å². The van der Waals surface area contributed by atoms with E-state index < -0.39 is 0 Å². The van der Waals surface area contributed by atoms with Crippen LogP contribution < -0.4 is 5.73 Å². The SMILES string of the molecule is CCCCCCN(CCO)C(=O)CC(CN)CC(C)C. The molecule has 0 saturated heterocycles. The molecule has 0 saturated carbocycles. The van der Waals surface area contributed by atoms with Gasteiger partial charge in [0, 0.05) is 19.5 Å². The Morgan fingerprint density at radius 1 is 1.20 bits per heavy atom. The minimum Gasteiger partial charge on any atom is -0.395 e. The van der Waals surface area contributed by atoms with Crippen LogP contribution in [-0.4, -0.2) is 42.2 Å². The summed E-state index contributed by atoms with van der Waals surface area (Å²) in [6.07, 6.45) is 6.08. The van der Waals surface area contributed by atoms with Crippen LogP contribution in [0.5, 0.6) is 0 Å². The summed E-state index contributed by atoms with van der Waals surface area (Å²) in [6, 6.07) is 0. The third kappa shape index (κ3) is 9.32. The summed E-state index contributed by atoms with van der Waals surface area (Å²) in [7, 11) is 0. The van der Waals surface area contributed by atoms with Gasteiger partial charge in [-0.25, -0.2) is 0 Å². The van der Waals surface area contributed by atoms with Crippen LogP contribution in [0.25, 0.3) is 0 Å². The Balaban J connectivity index is 4.24. The molecular weight excluding hydrogens is 252 g/mol. The number of hydrogen-bond acceptors (Lipinski definition) is 3. The fraction of sp³-hybridized carbons (Fsp3) is 0.938. The van der Waals surface area contributed by atoms with E-state index in [1.165, 1.54) is 12.8 Å². The van der Waals surface area contributed by atoms with Gasteiger partial charge in [0.15, 0.2) is 0 Å². The highest BCUT2D eigenvalue weighted by atomic mass is 16.3. The van der Waals surface area contributed by atoms with E-state index in [2.05, 4.69) is 20.8 Å². The van der Waals surface area contributed by atoms with Crippen molar-refractivity contribution in [3.8, 4) is 0 Å². The Bertz CT molecular complexity index is 245. The lowest BCUT2D eigenvalue weighted by Gasteiger charge is -2.25. The Kier molecular flexibility index (Phi) is 11.8. The number of nitrogens with zero attached hydrogens (tertiary/aromatic N) is 1. The van der Waals surface area contributed by atoms with Crippen LogP contribution in [0.3, 0.4) is 0 Å². The summed E-state index contributed by atoms with van der Waals surface area (Å²) >= 11 is 0. The lowest BCUT2D eigenvalue weighted by molar-refractivity contribution is -0.132. The first-order valence-corrected chi connectivity index (χ1v) is 8.13. The number of carbonyl (C=O) groups excluding carboxylic acids is 1. The second-order valence-electron chi connectivity index (χ2n) is 6.10. The molecule has 0 aromatic rings. The minimum absolute atomic E-state index is 0.0387. The maximum absolute atomic E-state index is 12.3. The molecule has 0 heterocycles. The van der Waals surface area contributed by atoms with Crippen molar-refractivity contribution in [2.45, 2.75) is 59.3 Å². The molecule has 0 bridgehead atoms. The third-order valence-corrected chi connectivity index (χ3v) is 3.61.